The van der Waals surface area contributed by atoms with E-state index in [2.05, 4.69) is 5.32 Å². The molecule has 3 nitrogen and oxygen atoms in total. The van der Waals surface area contributed by atoms with Crippen LogP contribution in [-0.4, -0.2) is 43.2 Å². The summed E-state index contributed by atoms with van der Waals surface area (Å²) in [5.74, 6) is -0.310. The predicted molar refractivity (Wildman–Crippen MR) is 35.5 cm³/mol. The fraction of sp³-hybridized carbons (Fsp3) is 0.833. The highest BCUT2D eigenvalue weighted by molar-refractivity contribution is 5.78. The minimum atomic E-state index is -4.27. The first kappa shape index (κ1) is 9.31. The summed E-state index contributed by atoms with van der Waals surface area (Å²) in [4.78, 5) is 11.8. The van der Waals surface area contributed by atoms with Crippen LogP contribution in [0.4, 0.5) is 13.2 Å². The van der Waals surface area contributed by atoms with Crippen molar-refractivity contribution in [1.29, 1.82) is 0 Å². The van der Waals surface area contributed by atoms with Gasteiger partial charge in [-0.25, -0.2) is 0 Å². The van der Waals surface area contributed by atoms with Gasteiger partial charge in [0.05, 0.1) is 6.54 Å². The third-order valence-electron chi connectivity index (χ3n) is 1.78. The number of rotatable bonds is 0. The van der Waals surface area contributed by atoms with Gasteiger partial charge in [0.2, 0.25) is 5.91 Å². The number of amides is 1. The summed E-state index contributed by atoms with van der Waals surface area (Å²) in [5.41, 5.74) is 0. The summed E-state index contributed by atoms with van der Waals surface area (Å²) in [5, 5.41) is 2.12. The van der Waals surface area contributed by atoms with E-state index in [1.807, 2.05) is 0 Å². The van der Waals surface area contributed by atoms with Crippen LogP contribution < -0.4 is 5.32 Å². The van der Waals surface area contributed by atoms with Crippen molar-refractivity contribution in [3.63, 3.8) is 0 Å². The third-order valence-corrected chi connectivity index (χ3v) is 1.78. The maximum atomic E-state index is 12.0. The average molecular weight is 182 g/mol. The second kappa shape index (κ2) is 2.93. The molecule has 1 fully saturated rings. The van der Waals surface area contributed by atoms with Crippen LogP contribution in [0.2, 0.25) is 0 Å². The quantitative estimate of drug-likeness (QED) is 0.571. The molecule has 70 valence electrons. The molecule has 1 heterocycles. The van der Waals surface area contributed by atoms with Crippen molar-refractivity contribution >= 4 is 5.91 Å². The Morgan fingerprint density at radius 2 is 2.17 bits per heavy atom. The zero-order chi connectivity index (χ0) is 9.35. The first-order valence-electron chi connectivity index (χ1n) is 3.45. The molecule has 0 aromatic rings. The lowest BCUT2D eigenvalue weighted by Crippen LogP contribution is -2.58. The standard InChI is InChI=1S/C6H9F3N2O/c1-11-3-4(6(7,8)9)10-2-5(11)12/h4,10H,2-3H2,1H3. The van der Waals surface area contributed by atoms with Crippen molar-refractivity contribution in [1.82, 2.24) is 10.2 Å². The molecular formula is C6H9F3N2O. The van der Waals surface area contributed by atoms with E-state index in [-0.39, 0.29) is 19.0 Å². The Bertz CT molecular complexity index is 192. The van der Waals surface area contributed by atoms with Gasteiger partial charge >= 0.3 is 6.18 Å². The highest BCUT2D eigenvalue weighted by atomic mass is 19.4. The number of hydrogen-bond donors (Lipinski definition) is 1. The Labute approximate surface area is 67.5 Å². The fourth-order valence-electron chi connectivity index (χ4n) is 1.00. The molecule has 1 saturated heterocycles. The molecule has 0 aliphatic carbocycles. The van der Waals surface area contributed by atoms with Gasteiger partial charge in [0.15, 0.2) is 0 Å². The second-order valence-corrected chi connectivity index (χ2v) is 2.75. The van der Waals surface area contributed by atoms with Gasteiger partial charge < -0.3 is 4.90 Å². The number of hydrogen-bond acceptors (Lipinski definition) is 2. The molecule has 0 aromatic carbocycles. The van der Waals surface area contributed by atoms with Crippen LogP contribution in [0.25, 0.3) is 0 Å². The van der Waals surface area contributed by atoms with Crippen molar-refractivity contribution in [2.24, 2.45) is 0 Å². The Kier molecular flexibility index (Phi) is 2.27. The maximum Gasteiger partial charge on any atom is 0.405 e. The molecule has 1 N–H and O–H groups in total. The monoisotopic (exact) mass is 182 g/mol. The number of carbonyl (C=O) groups excluding carboxylic acids is 1. The first-order valence-corrected chi connectivity index (χ1v) is 3.45. The highest BCUT2D eigenvalue weighted by Crippen LogP contribution is 2.21. The Hall–Kier alpha value is -0.780. The van der Waals surface area contributed by atoms with E-state index in [0.717, 1.165) is 4.90 Å². The van der Waals surface area contributed by atoms with Gasteiger partial charge in [-0.3, -0.25) is 10.1 Å². The molecule has 6 heteroatoms. The van der Waals surface area contributed by atoms with Crippen LogP contribution in [-0.2, 0) is 4.79 Å². The van der Waals surface area contributed by atoms with E-state index >= 15 is 0 Å². The normalized spacial score (nSPS) is 26.2. The van der Waals surface area contributed by atoms with Gasteiger partial charge in [-0.05, 0) is 0 Å². The zero-order valence-electron chi connectivity index (χ0n) is 6.48. The lowest BCUT2D eigenvalue weighted by molar-refractivity contribution is -0.168. The van der Waals surface area contributed by atoms with Crippen molar-refractivity contribution in [3.05, 3.63) is 0 Å². The topological polar surface area (TPSA) is 32.3 Å². The number of nitrogens with zero attached hydrogens (tertiary/aromatic N) is 1. The summed E-state index contributed by atoms with van der Waals surface area (Å²) in [6.07, 6.45) is -4.27. The van der Waals surface area contributed by atoms with Crippen LogP contribution in [0.3, 0.4) is 0 Å². The van der Waals surface area contributed by atoms with Crippen LogP contribution in [0, 0.1) is 0 Å². The molecule has 0 spiro atoms. The minimum absolute atomic E-state index is 0.235. The van der Waals surface area contributed by atoms with Crippen LogP contribution in [0.15, 0.2) is 0 Å². The molecule has 1 amide bonds. The molecule has 1 atom stereocenters. The third kappa shape index (κ3) is 1.88. The van der Waals surface area contributed by atoms with Gasteiger partial charge in [0, 0.05) is 13.6 Å². The van der Waals surface area contributed by atoms with E-state index < -0.39 is 12.2 Å². The molecule has 1 rings (SSSR count). The predicted octanol–water partition coefficient (Wildman–Crippen LogP) is -0.0211. The molecule has 0 bridgehead atoms. The van der Waals surface area contributed by atoms with E-state index in [1.54, 1.807) is 0 Å². The molecule has 1 aliphatic heterocycles. The number of nitrogens with one attached hydrogen (secondary N) is 1. The summed E-state index contributed by atoms with van der Waals surface area (Å²) in [6, 6.07) is -1.58. The van der Waals surface area contributed by atoms with E-state index in [9.17, 15) is 18.0 Å². The molecule has 1 unspecified atom stereocenters. The molecule has 1 aliphatic rings. The van der Waals surface area contributed by atoms with Crippen LogP contribution in [0.5, 0.6) is 0 Å². The van der Waals surface area contributed by atoms with E-state index in [4.69, 9.17) is 0 Å². The van der Waals surface area contributed by atoms with Gasteiger partial charge in [0.1, 0.15) is 6.04 Å². The number of halogens is 3. The molecule has 0 radical (unpaired) electrons. The average Bonchev–Trinajstić information content (AvgIpc) is 1.92. The Balaban J connectivity index is 2.57. The van der Waals surface area contributed by atoms with Crippen molar-refractivity contribution in [3.8, 4) is 0 Å². The summed E-state index contributed by atoms with van der Waals surface area (Å²) < 4.78 is 36.1. The minimum Gasteiger partial charge on any atom is -0.343 e. The maximum absolute atomic E-state index is 12.0. The summed E-state index contributed by atoms with van der Waals surface area (Å²) in [7, 11) is 1.36. The number of carbonyl (C=O) groups is 1. The lowest BCUT2D eigenvalue weighted by atomic mass is 10.2. The zero-order valence-corrected chi connectivity index (χ0v) is 6.48. The molecule has 0 saturated carbocycles. The van der Waals surface area contributed by atoms with Crippen molar-refractivity contribution < 1.29 is 18.0 Å². The highest BCUT2D eigenvalue weighted by Gasteiger charge is 2.42. The first-order chi connectivity index (χ1) is 5.41. The van der Waals surface area contributed by atoms with Gasteiger partial charge in [-0.1, -0.05) is 0 Å². The number of likely N-dealkylation sites (N-methyl/N-ethyl adjacent to an activating group) is 1. The summed E-state index contributed by atoms with van der Waals surface area (Å²) in [6.45, 7) is -0.539. The largest absolute Gasteiger partial charge is 0.405 e. The molecule has 0 aromatic heterocycles. The van der Waals surface area contributed by atoms with Gasteiger partial charge in [-0.15, -0.1) is 0 Å². The number of alkyl halides is 3. The smallest absolute Gasteiger partial charge is 0.343 e. The molecule has 12 heavy (non-hydrogen) atoms. The van der Waals surface area contributed by atoms with E-state index in [0.29, 0.717) is 0 Å². The van der Waals surface area contributed by atoms with Crippen molar-refractivity contribution in [2.75, 3.05) is 20.1 Å². The second-order valence-electron chi connectivity index (χ2n) is 2.75. The Morgan fingerprint density at radius 1 is 1.58 bits per heavy atom. The Morgan fingerprint density at radius 3 is 2.58 bits per heavy atom. The molecular weight excluding hydrogens is 173 g/mol. The van der Waals surface area contributed by atoms with Gasteiger partial charge in [0.25, 0.3) is 0 Å². The lowest BCUT2D eigenvalue weighted by Gasteiger charge is -2.31. The number of piperazine rings is 1. The van der Waals surface area contributed by atoms with Gasteiger partial charge in [-0.2, -0.15) is 13.2 Å². The van der Waals surface area contributed by atoms with Crippen LogP contribution in [0.1, 0.15) is 0 Å². The van der Waals surface area contributed by atoms with Crippen LogP contribution >= 0.6 is 0 Å². The SMILES string of the molecule is CN1CC(C(F)(F)F)NCC1=O. The summed E-state index contributed by atoms with van der Waals surface area (Å²) >= 11 is 0. The van der Waals surface area contributed by atoms with E-state index in [1.165, 1.54) is 7.05 Å². The van der Waals surface area contributed by atoms with Crippen molar-refractivity contribution in [2.45, 2.75) is 12.2 Å². The fourth-order valence-corrected chi connectivity index (χ4v) is 1.00.